The Morgan fingerprint density at radius 3 is 2.25 bits per heavy atom. The number of rotatable bonds is 2. The van der Waals surface area contributed by atoms with Crippen LogP contribution in [0.15, 0.2) is 12.4 Å². The van der Waals surface area contributed by atoms with Crippen molar-refractivity contribution in [1.29, 1.82) is 0 Å². The smallest absolute Gasteiger partial charge is 0.261 e. The molecule has 0 aliphatic rings. The van der Waals surface area contributed by atoms with Crippen molar-refractivity contribution >= 4 is 0 Å². The quantitative estimate of drug-likeness (QED) is 0.685. The highest BCUT2D eigenvalue weighted by Crippen LogP contribution is 2.17. The Balaban J connectivity index is 2.96. The van der Waals surface area contributed by atoms with Crippen molar-refractivity contribution in [2.24, 2.45) is 0 Å². The monoisotopic (exact) mass is 172 g/mol. The lowest BCUT2D eigenvalue weighted by molar-refractivity contribution is 0.145. The maximum absolute atomic E-state index is 12.1. The number of hydrogen-bond acceptors (Lipinski definition) is 2. The summed E-state index contributed by atoms with van der Waals surface area (Å²) in [6, 6.07) is 0. The van der Waals surface area contributed by atoms with Gasteiger partial charge in [-0.15, -0.1) is 0 Å². The van der Waals surface area contributed by atoms with E-state index in [1.165, 1.54) is 6.20 Å². The molecule has 0 N–H and O–H groups in total. The lowest BCUT2D eigenvalue weighted by Gasteiger charge is -2.04. The molecule has 0 aromatic carbocycles. The van der Waals surface area contributed by atoms with Crippen LogP contribution in [0.25, 0.3) is 0 Å². The van der Waals surface area contributed by atoms with Gasteiger partial charge < -0.3 is 0 Å². The summed E-state index contributed by atoms with van der Waals surface area (Å²) in [6.07, 6.45) is 0.0730. The molecule has 1 aromatic rings. The molecule has 0 bridgehead atoms. The van der Waals surface area contributed by atoms with E-state index in [4.69, 9.17) is 0 Å². The third kappa shape index (κ3) is 1.96. The minimum Gasteiger partial charge on any atom is -0.261 e. The Bertz CT molecular complexity index is 238. The Kier molecular flexibility index (Phi) is 2.68. The lowest BCUT2D eigenvalue weighted by Crippen LogP contribution is -1.98. The van der Waals surface area contributed by atoms with Gasteiger partial charge in [0.25, 0.3) is 6.43 Å². The average Bonchev–Trinajstić information content (AvgIpc) is 2.04. The molecule has 0 atom stereocenters. The van der Waals surface area contributed by atoms with E-state index in [0.717, 1.165) is 6.20 Å². The first-order valence-electron chi connectivity index (χ1n) is 3.71. The zero-order valence-corrected chi connectivity index (χ0v) is 6.96. The second-order valence-corrected chi connectivity index (χ2v) is 2.82. The molecule has 0 fully saturated rings. The van der Waals surface area contributed by atoms with E-state index in [2.05, 4.69) is 9.97 Å². The number of alkyl halides is 2. The van der Waals surface area contributed by atoms with Gasteiger partial charge in [0.05, 0.1) is 11.9 Å². The summed E-state index contributed by atoms with van der Waals surface area (Å²) >= 11 is 0. The highest BCUT2D eigenvalue weighted by Gasteiger charge is 2.10. The van der Waals surface area contributed by atoms with Crippen molar-refractivity contribution in [1.82, 2.24) is 9.97 Å². The van der Waals surface area contributed by atoms with Crippen LogP contribution in [0.2, 0.25) is 0 Å². The molecule has 0 spiro atoms. The second-order valence-electron chi connectivity index (χ2n) is 2.82. The van der Waals surface area contributed by atoms with Crippen LogP contribution in [0.1, 0.15) is 37.6 Å². The van der Waals surface area contributed by atoms with E-state index >= 15 is 0 Å². The zero-order valence-electron chi connectivity index (χ0n) is 6.96. The SMILES string of the molecule is CC(C)c1cncc(C(F)F)n1. The third-order valence-corrected chi connectivity index (χ3v) is 1.49. The molecular weight excluding hydrogens is 162 g/mol. The van der Waals surface area contributed by atoms with Crippen molar-refractivity contribution in [3.63, 3.8) is 0 Å². The highest BCUT2D eigenvalue weighted by atomic mass is 19.3. The molecule has 0 radical (unpaired) electrons. The Labute approximate surface area is 69.7 Å². The minimum absolute atomic E-state index is 0.135. The predicted molar refractivity (Wildman–Crippen MR) is 41.1 cm³/mol. The standard InChI is InChI=1S/C8H10F2N2/c1-5(2)6-3-11-4-7(12-6)8(9)10/h3-5,8H,1-2H3. The predicted octanol–water partition coefficient (Wildman–Crippen LogP) is 2.54. The van der Waals surface area contributed by atoms with Gasteiger partial charge in [-0.2, -0.15) is 0 Å². The minimum atomic E-state index is -2.53. The van der Waals surface area contributed by atoms with Crippen LogP contribution in [-0.2, 0) is 0 Å². The van der Waals surface area contributed by atoms with E-state index in [0.29, 0.717) is 5.69 Å². The van der Waals surface area contributed by atoms with Gasteiger partial charge in [-0.1, -0.05) is 13.8 Å². The molecule has 1 heterocycles. The van der Waals surface area contributed by atoms with Gasteiger partial charge in [0.15, 0.2) is 0 Å². The van der Waals surface area contributed by atoms with Crippen LogP contribution in [-0.4, -0.2) is 9.97 Å². The highest BCUT2D eigenvalue weighted by molar-refractivity contribution is 5.07. The van der Waals surface area contributed by atoms with E-state index in [9.17, 15) is 8.78 Å². The first-order chi connectivity index (χ1) is 5.61. The number of halogens is 2. The van der Waals surface area contributed by atoms with Crippen molar-refractivity contribution in [2.75, 3.05) is 0 Å². The fraction of sp³-hybridized carbons (Fsp3) is 0.500. The van der Waals surface area contributed by atoms with E-state index in [-0.39, 0.29) is 11.6 Å². The number of nitrogens with zero attached hydrogens (tertiary/aromatic N) is 2. The molecule has 4 heteroatoms. The first-order valence-corrected chi connectivity index (χ1v) is 3.71. The van der Waals surface area contributed by atoms with E-state index < -0.39 is 6.43 Å². The molecular formula is C8H10F2N2. The van der Waals surface area contributed by atoms with Gasteiger partial charge in [-0.05, 0) is 5.92 Å². The Morgan fingerprint density at radius 2 is 1.75 bits per heavy atom. The topological polar surface area (TPSA) is 25.8 Å². The van der Waals surface area contributed by atoms with Gasteiger partial charge in [0, 0.05) is 6.20 Å². The van der Waals surface area contributed by atoms with Crippen molar-refractivity contribution in [2.45, 2.75) is 26.2 Å². The summed E-state index contributed by atoms with van der Waals surface area (Å²) < 4.78 is 24.2. The molecule has 66 valence electrons. The molecule has 2 nitrogen and oxygen atoms in total. The van der Waals surface area contributed by atoms with Gasteiger partial charge in [0.2, 0.25) is 0 Å². The fourth-order valence-electron chi connectivity index (χ4n) is 0.780. The van der Waals surface area contributed by atoms with Crippen LogP contribution in [0.5, 0.6) is 0 Å². The molecule has 0 aliphatic carbocycles. The van der Waals surface area contributed by atoms with Crippen LogP contribution >= 0.6 is 0 Å². The Morgan fingerprint density at radius 1 is 1.17 bits per heavy atom. The van der Waals surface area contributed by atoms with Crippen LogP contribution in [0, 0.1) is 0 Å². The van der Waals surface area contributed by atoms with E-state index in [1.807, 2.05) is 13.8 Å². The second kappa shape index (κ2) is 3.56. The number of aromatic nitrogens is 2. The maximum Gasteiger partial charge on any atom is 0.281 e. The summed E-state index contributed by atoms with van der Waals surface area (Å²) in [5.41, 5.74) is 0.356. The van der Waals surface area contributed by atoms with E-state index in [1.54, 1.807) is 0 Å². The fourth-order valence-corrected chi connectivity index (χ4v) is 0.780. The third-order valence-electron chi connectivity index (χ3n) is 1.49. The van der Waals surface area contributed by atoms with Gasteiger partial charge in [0.1, 0.15) is 5.69 Å². The lowest BCUT2D eigenvalue weighted by atomic mass is 10.1. The molecule has 0 aliphatic heterocycles. The first kappa shape index (κ1) is 9.03. The largest absolute Gasteiger partial charge is 0.281 e. The summed E-state index contributed by atoms with van der Waals surface area (Å²) in [5.74, 6) is 0.135. The average molecular weight is 172 g/mol. The summed E-state index contributed by atoms with van der Waals surface area (Å²) in [4.78, 5) is 7.44. The molecule has 1 rings (SSSR count). The van der Waals surface area contributed by atoms with Gasteiger partial charge in [-0.25, -0.2) is 13.8 Å². The van der Waals surface area contributed by atoms with Crippen molar-refractivity contribution < 1.29 is 8.78 Å². The van der Waals surface area contributed by atoms with Gasteiger partial charge in [-0.3, -0.25) is 4.98 Å². The zero-order chi connectivity index (χ0) is 9.14. The number of hydrogen-bond donors (Lipinski definition) is 0. The maximum atomic E-state index is 12.1. The molecule has 0 amide bonds. The van der Waals surface area contributed by atoms with Crippen LogP contribution in [0.4, 0.5) is 8.78 Å². The molecule has 12 heavy (non-hydrogen) atoms. The summed E-state index contributed by atoms with van der Waals surface area (Å²) in [5, 5.41) is 0. The van der Waals surface area contributed by atoms with Crippen LogP contribution < -0.4 is 0 Å². The Hall–Kier alpha value is -1.06. The molecule has 0 saturated carbocycles. The van der Waals surface area contributed by atoms with Gasteiger partial charge >= 0.3 is 0 Å². The van der Waals surface area contributed by atoms with Crippen molar-refractivity contribution in [3.05, 3.63) is 23.8 Å². The molecule has 0 unspecified atom stereocenters. The summed E-state index contributed by atoms with van der Waals surface area (Å²) in [6.45, 7) is 3.78. The van der Waals surface area contributed by atoms with Crippen LogP contribution in [0.3, 0.4) is 0 Å². The van der Waals surface area contributed by atoms with Crippen molar-refractivity contribution in [3.8, 4) is 0 Å². The normalized spacial score (nSPS) is 11.2. The molecule has 1 aromatic heterocycles. The summed E-state index contributed by atoms with van der Waals surface area (Å²) in [7, 11) is 0. The molecule has 0 saturated heterocycles.